The number of carbonyl (C=O) groups excluding carboxylic acids is 2. The largest absolute Gasteiger partial charge is 0.278 e. The number of halogens is 2. The van der Waals surface area contributed by atoms with E-state index < -0.39 is 23.4 Å². The quantitative estimate of drug-likeness (QED) is 0.782. The third kappa shape index (κ3) is 3.09. The first-order chi connectivity index (χ1) is 9.33. The fourth-order valence-electron chi connectivity index (χ4n) is 1.41. The van der Waals surface area contributed by atoms with Crippen LogP contribution < -0.4 is 0 Å². The van der Waals surface area contributed by atoms with Gasteiger partial charge in [-0.3, -0.25) is 19.3 Å². The van der Waals surface area contributed by atoms with E-state index in [2.05, 4.69) is 9.68 Å². The Morgan fingerprint density at radius 3 is 1.45 bits per heavy atom. The van der Waals surface area contributed by atoms with Gasteiger partial charge in [0.2, 0.25) is 0 Å². The van der Waals surface area contributed by atoms with Crippen LogP contribution in [0.15, 0.2) is 12.1 Å². The lowest BCUT2D eigenvalue weighted by molar-refractivity contribution is -0.0780. The molecule has 20 heavy (non-hydrogen) atoms. The van der Waals surface area contributed by atoms with Crippen molar-refractivity contribution < 1.29 is 28.0 Å². The third-order valence-corrected chi connectivity index (χ3v) is 2.64. The van der Waals surface area contributed by atoms with Gasteiger partial charge >= 0.3 is 0 Å². The van der Waals surface area contributed by atoms with E-state index in [0.29, 0.717) is 12.1 Å². The van der Waals surface area contributed by atoms with Crippen molar-refractivity contribution in [2.24, 2.45) is 0 Å². The van der Waals surface area contributed by atoms with Crippen LogP contribution in [0, 0.1) is 11.6 Å². The molecule has 6 nitrogen and oxygen atoms in total. The summed E-state index contributed by atoms with van der Waals surface area (Å²) in [5, 5.41) is 1.58. The van der Waals surface area contributed by atoms with E-state index in [9.17, 15) is 18.4 Å². The van der Waals surface area contributed by atoms with Crippen molar-refractivity contribution in [3.8, 4) is 0 Å². The van der Waals surface area contributed by atoms with Crippen molar-refractivity contribution in [3.63, 3.8) is 0 Å². The highest BCUT2D eigenvalue weighted by Gasteiger charge is 2.25. The smallest absolute Gasteiger partial charge is 0.274 e. The van der Waals surface area contributed by atoms with E-state index >= 15 is 0 Å². The molecule has 110 valence electrons. The summed E-state index contributed by atoms with van der Waals surface area (Å²) in [6.45, 7) is 0. The molecular weight excluding hydrogens is 274 g/mol. The van der Waals surface area contributed by atoms with Crippen LogP contribution in [-0.4, -0.2) is 50.3 Å². The minimum absolute atomic E-state index is 0.331. The predicted molar refractivity (Wildman–Crippen MR) is 64.6 cm³/mol. The number of hydroxylamine groups is 4. The molecule has 0 unspecified atom stereocenters. The van der Waals surface area contributed by atoms with Gasteiger partial charge in [0.05, 0.1) is 25.3 Å². The molecule has 0 bridgehead atoms. The van der Waals surface area contributed by atoms with Crippen LogP contribution in [0.25, 0.3) is 0 Å². The Labute approximate surface area is 114 Å². The third-order valence-electron chi connectivity index (χ3n) is 2.64. The Kier molecular flexibility index (Phi) is 5.12. The lowest BCUT2D eigenvalue weighted by Gasteiger charge is -2.19. The van der Waals surface area contributed by atoms with E-state index in [4.69, 9.17) is 0 Å². The molecule has 0 radical (unpaired) electrons. The van der Waals surface area contributed by atoms with Crippen molar-refractivity contribution in [1.29, 1.82) is 0 Å². The van der Waals surface area contributed by atoms with Gasteiger partial charge in [0.25, 0.3) is 11.8 Å². The molecule has 1 aromatic rings. The summed E-state index contributed by atoms with van der Waals surface area (Å²) >= 11 is 0. The van der Waals surface area contributed by atoms with Crippen molar-refractivity contribution in [2.75, 3.05) is 28.3 Å². The Balaban J connectivity index is 3.38. The Bertz CT molecular complexity index is 489. The van der Waals surface area contributed by atoms with Gasteiger partial charge in [0.1, 0.15) is 0 Å². The SMILES string of the molecule is CON(C)C(=O)c1cc(F)c(F)cc1C(=O)N(C)OC. The van der Waals surface area contributed by atoms with Gasteiger partial charge in [-0.2, -0.15) is 0 Å². The van der Waals surface area contributed by atoms with Gasteiger partial charge in [-0.1, -0.05) is 0 Å². The second-order valence-electron chi connectivity index (χ2n) is 3.78. The minimum atomic E-state index is -1.24. The summed E-state index contributed by atoms with van der Waals surface area (Å²) in [7, 11) is 5.00. The highest BCUT2D eigenvalue weighted by molar-refractivity contribution is 6.06. The summed E-state index contributed by atoms with van der Waals surface area (Å²) in [4.78, 5) is 33.3. The van der Waals surface area contributed by atoms with Crippen molar-refractivity contribution >= 4 is 11.8 Å². The second-order valence-corrected chi connectivity index (χ2v) is 3.78. The van der Waals surface area contributed by atoms with Crippen LogP contribution in [0.1, 0.15) is 20.7 Å². The first kappa shape index (κ1) is 16.0. The molecule has 8 heteroatoms. The number of hydrogen-bond donors (Lipinski definition) is 0. The van der Waals surface area contributed by atoms with Crippen LogP contribution in [0.2, 0.25) is 0 Å². The molecule has 0 N–H and O–H groups in total. The van der Waals surface area contributed by atoms with Gasteiger partial charge in [-0.05, 0) is 12.1 Å². The van der Waals surface area contributed by atoms with Crippen LogP contribution in [-0.2, 0) is 9.68 Å². The molecule has 1 aromatic carbocycles. The normalized spacial score (nSPS) is 10.3. The molecular formula is C12H14F2N2O4. The zero-order valence-electron chi connectivity index (χ0n) is 11.4. The maximum Gasteiger partial charge on any atom is 0.278 e. The highest BCUT2D eigenvalue weighted by atomic mass is 19.2. The van der Waals surface area contributed by atoms with Crippen LogP contribution in [0.3, 0.4) is 0 Å². The average Bonchev–Trinajstić information content (AvgIpc) is 2.46. The fraction of sp³-hybridized carbons (Fsp3) is 0.333. The fourth-order valence-corrected chi connectivity index (χ4v) is 1.41. The van der Waals surface area contributed by atoms with E-state index in [0.717, 1.165) is 10.1 Å². The molecule has 2 amide bonds. The maximum absolute atomic E-state index is 13.3. The lowest BCUT2D eigenvalue weighted by atomic mass is 10.1. The van der Waals surface area contributed by atoms with Crippen molar-refractivity contribution in [1.82, 2.24) is 10.1 Å². The van der Waals surface area contributed by atoms with Gasteiger partial charge in [0.15, 0.2) is 11.6 Å². The monoisotopic (exact) mass is 288 g/mol. The summed E-state index contributed by atoms with van der Waals surface area (Å²) in [5.41, 5.74) is -0.663. The van der Waals surface area contributed by atoms with Gasteiger partial charge in [0, 0.05) is 14.1 Å². The first-order valence-corrected chi connectivity index (χ1v) is 5.46. The number of carbonyl (C=O) groups is 2. The van der Waals surface area contributed by atoms with E-state index in [1.54, 1.807) is 0 Å². The molecule has 0 aliphatic carbocycles. The number of nitrogens with zero attached hydrogens (tertiary/aromatic N) is 2. The van der Waals surface area contributed by atoms with Crippen LogP contribution >= 0.6 is 0 Å². The highest BCUT2D eigenvalue weighted by Crippen LogP contribution is 2.18. The van der Waals surface area contributed by atoms with E-state index in [-0.39, 0.29) is 11.1 Å². The summed E-state index contributed by atoms with van der Waals surface area (Å²) in [5.74, 6) is -4.07. The number of benzene rings is 1. The lowest BCUT2D eigenvalue weighted by Crippen LogP contribution is -2.31. The Hall–Kier alpha value is -2.06. The molecule has 0 aliphatic rings. The minimum Gasteiger partial charge on any atom is -0.274 e. The van der Waals surface area contributed by atoms with Gasteiger partial charge < -0.3 is 0 Å². The zero-order chi connectivity index (χ0) is 15.4. The molecule has 0 atom stereocenters. The molecule has 0 fully saturated rings. The second kappa shape index (κ2) is 6.40. The Morgan fingerprint density at radius 2 is 1.20 bits per heavy atom. The number of hydrogen-bond acceptors (Lipinski definition) is 4. The van der Waals surface area contributed by atoms with Gasteiger partial charge in [-0.25, -0.2) is 18.9 Å². The Morgan fingerprint density at radius 1 is 0.900 bits per heavy atom. The summed E-state index contributed by atoms with van der Waals surface area (Å²) in [6.07, 6.45) is 0. The molecule has 0 saturated carbocycles. The van der Waals surface area contributed by atoms with Crippen molar-refractivity contribution in [3.05, 3.63) is 34.9 Å². The number of rotatable bonds is 4. The average molecular weight is 288 g/mol. The molecule has 0 aliphatic heterocycles. The number of amides is 2. The molecule has 0 aromatic heterocycles. The topological polar surface area (TPSA) is 59.1 Å². The van der Waals surface area contributed by atoms with Crippen LogP contribution in [0.4, 0.5) is 8.78 Å². The first-order valence-electron chi connectivity index (χ1n) is 5.46. The molecule has 1 rings (SSSR count). The summed E-state index contributed by atoms with van der Waals surface area (Å²) in [6, 6.07) is 1.29. The van der Waals surface area contributed by atoms with E-state index in [1.807, 2.05) is 0 Å². The summed E-state index contributed by atoms with van der Waals surface area (Å²) < 4.78 is 26.6. The molecule has 0 spiro atoms. The molecule has 0 saturated heterocycles. The van der Waals surface area contributed by atoms with Crippen LogP contribution in [0.5, 0.6) is 0 Å². The van der Waals surface area contributed by atoms with Gasteiger partial charge in [-0.15, -0.1) is 0 Å². The standard InChI is InChI=1S/C12H14F2N2O4/c1-15(19-3)11(17)7-5-9(13)10(14)6-8(7)12(18)16(2)20-4/h5-6H,1-4H3. The maximum atomic E-state index is 13.3. The van der Waals surface area contributed by atoms with E-state index in [1.165, 1.54) is 28.3 Å². The van der Waals surface area contributed by atoms with Crippen molar-refractivity contribution in [2.45, 2.75) is 0 Å². The predicted octanol–water partition coefficient (Wildman–Crippen LogP) is 1.23. The zero-order valence-corrected chi connectivity index (χ0v) is 11.4. The molecule has 0 heterocycles.